The Labute approximate surface area is 108 Å². The molecule has 1 rings (SSSR count). The van der Waals surface area contributed by atoms with Gasteiger partial charge >= 0.3 is 6.09 Å². The van der Waals surface area contributed by atoms with Gasteiger partial charge in [-0.25, -0.2) is 4.79 Å². The van der Waals surface area contributed by atoms with Gasteiger partial charge in [0.2, 0.25) is 0 Å². The van der Waals surface area contributed by atoms with Crippen molar-refractivity contribution in [1.29, 1.82) is 0 Å². The number of carbonyl (C=O) groups excluding carboxylic acids is 1. The van der Waals surface area contributed by atoms with Crippen molar-refractivity contribution in [2.45, 2.75) is 26.2 Å². The van der Waals surface area contributed by atoms with Crippen molar-refractivity contribution >= 4 is 6.09 Å². The molecular weight excluding hydrogens is 230 g/mol. The summed E-state index contributed by atoms with van der Waals surface area (Å²) in [5.41, 5.74) is 1.32. The number of methoxy groups -OCH3 is 1. The van der Waals surface area contributed by atoms with E-state index in [0.29, 0.717) is 13.2 Å². The third kappa shape index (κ3) is 4.65. The number of hydrogen-bond acceptors (Lipinski definition) is 3. The number of nitrogens with one attached hydrogen (secondary N) is 1. The van der Waals surface area contributed by atoms with Crippen molar-refractivity contribution in [1.82, 2.24) is 5.32 Å². The predicted octanol–water partition coefficient (Wildman–Crippen LogP) is 2.72. The summed E-state index contributed by atoms with van der Waals surface area (Å²) in [5, 5.41) is 2.56. The molecule has 0 saturated carbocycles. The van der Waals surface area contributed by atoms with E-state index in [1.165, 1.54) is 12.7 Å². The zero-order valence-electron chi connectivity index (χ0n) is 11.4. The van der Waals surface area contributed by atoms with Crippen molar-refractivity contribution in [3.8, 4) is 5.75 Å². The molecule has 0 aliphatic carbocycles. The molecule has 4 nitrogen and oxygen atoms in total. The van der Waals surface area contributed by atoms with Crippen LogP contribution in [0.5, 0.6) is 5.75 Å². The molecule has 0 saturated heterocycles. The molecule has 18 heavy (non-hydrogen) atoms. The third-order valence-electron chi connectivity index (χ3n) is 2.53. The average Bonchev–Trinajstić information content (AvgIpc) is 2.33. The highest BCUT2D eigenvalue weighted by Crippen LogP contribution is 2.25. The smallest absolute Gasteiger partial charge is 0.406 e. The predicted molar refractivity (Wildman–Crippen MR) is 71.0 cm³/mol. The van der Waals surface area contributed by atoms with E-state index in [9.17, 15) is 4.79 Å². The van der Waals surface area contributed by atoms with Crippen molar-refractivity contribution in [3.05, 3.63) is 29.8 Å². The first-order chi connectivity index (χ1) is 8.43. The fourth-order valence-corrected chi connectivity index (χ4v) is 1.45. The fourth-order valence-electron chi connectivity index (χ4n) is 1.45. The molecule has 0 radical (unpaired) electrons. The van der Waals surface area contributed by atoms with E-state index in [4.69, 9.17) is 4.74 Å². The Balaban J connectivity index is 2.46. The second-order valence-electron chi connectivity index (χ2n) is 5.04. The van der Waals surface area contributed by atoms with Crippen LogP contribution >= 0.6 is 0 Å². The molecule has 0 heterocycles. The molecule has 0 aliphatic heterocycles. The summed E-state index contributed by atoms with van der Waals surface area (Å²) in [7, 11) is 1.34. The Morgan fingerprint density at radius 1 is 1.33 bits per heavy atom. The van der Waals surface area contributed by atoms with Gasteiger partial charge in [0.05, 0.1) is 13.7 Å². The normalized spacial score (nSPS) is 10.9. The largest absolute Gasteiger partial charge is 0.492 e. The molecule has 0 bridgehead atoms. The van der Waals surface area contributed by atoms with Crippen LogP contribution in [0.3, 0.4) is 0 Å². The number of benzene rings is 1. The van der Waals surface area contributed by atoms with Gasteiger partial charge in [-0.15, -0.1) is 0 Å². The van der Waals surface area contributed by atoms with Gasteiger partial charge < -0.3 is 14.8 Å². The summed E-state index contributed by atoms with van der Waals surface area (Å²) in [6, 6.07) is 7.99. The maximum Gasteiger partial charge on any atom is 0.406 e. The maximum absolute atomic E-state index is 10.8. The quantitative estimate of drug-likeness (QED) is 0.837. The van der Waals surface area contributed by atoms with Crippen LogP contribution in [0.4, 0.5) is 4.79 Å². The Bertz CT molecular complexity index is 396. The lowest BCUT2D eigenvalue weighted by Crippen LogP contribution is -2.27. The van der Waals surface area contributed by atoms with E-state index < -0.39 is 6.09 Å². The second-order valence-corrected chi connectivity index (χ2v) is 5.04. The molecule has 100 valence electrons. The summed E-state index contributed by atoms with van der Waals surface area (Å²) >= 11 is 0. The summed E-state index contributed by atoms with van der Waals surface area (Å²) in [4.78, 5) is 10.8. The standard InChI is InChI=1S/C14H21NO3/c1-14(2,3)11-6-5-7-12(10-11)18-9-8-15-13(16)17-4/h5-7,10H,8-9H2,1-4H3,(H,15,16). The zero-order chi connectivity index (χ0) is 13.6. The molecule has 0 fully saturated rings. The van der Waals surface area contributed by atoms with Gasteiger partial charge in [-0.3, -0.25) is 0 Å². The van der Waals surface area contributed by atoms with E-state index >= 15 is 0 Å². The molecule has 4 heteroatoms. The number of amides is 1. The lowest BCUT2D eigenvalue weighted by atomic mass is 9.87. The van der Waals surface area contributed by atoms with E-state index in [1.54, 1.807) is 0 Å². The zero-order valence-corrected chi connectivity index (χ0v) is 11.4. The van der Waals surface area contributed by atoms with Crippen LogP contribution in [0.2, 0.25) is 0 Å². The minimum Gasteiger partial charge on any atom is -0.492 e. The third-order valence-corrected chi connectivity index (χ3v) is 2.53. The highest BCUT2D eigenvalue weighted by molar-refractivity contribution is 5.66. The Morgan fingerprint density at radius 3 is 2.67 bits per heavy atom. The number of hydrogen-bond donors (Lipinski definition) is 1. The van der Waals surface area contributed by atoms with Crippen LogP contribution in [0, 0.1) is 0 Å². The van der Waals surface area contributed by atoms with Gasteiger partial charge in [0.25, 0.3) is 0 Å². The first-order valence-corrected chi connectivity index (χ1v) is 5.98. The number of alkyl carbamates (subject to hydrolysis) is 1. The minimum absolute atomic E-state index is 0.101. The minimum atomic E-state index is -0.443. The van der Waals surface area contributed by atoms with Gasteiger partial charge in [0, 0.05) is 0 Å². The van der Waals surface area contributed by atoms with Crippen LogP contribution < -0.4 is 10.1 Å². The lowest BCUT2D eigenvalue weighted by molar-refractivity contribution is 0.168. The molecule has 0 atom stereocenters. The monoisotopic (exact) mass is 251 g/mol. The van der Waals surface area contributed by atoms with E-state index in [-0.39, 0.29) is 5.41 Å². The average molecular weight is 251 g/mol. The first-order valence-electron chi connectivity index (χ1n) is 5.98. The topological polar surface area (TPSA) is 47.6 Å². The fraction of sp³-hybridized carbons (Fsp3) is 0.500. The first kappa shape index (κ1) is 14.4. The second kappa shape index (κ2) is 6.28. The Kier molecular flexibility index (Phi) is 5.01. The molecule has 1 aromatic rings. The van der Waals surface area contributed by atoms with E-state index in [2.05, 4.69) is 36.9 Å². The van der Waals surface area contributed by atoms with Crippen LogP contribution in [0.25, 0.3) is 0 Å². The Morgan fingerprint density at radius 2 is 2.06 bits per heavy atom. The summed E-state index contributed by atoms with van der Waals surface area (Å²) in [5.74, 6) is 0.814. The van der Waals surface area contributed by atoms with Crippen LogP contribution in [0.1, 0.15) is 26.3 Å². The van der Waals surface area contributed by atoms with Gasteiger partial charge in [-0.05, 0) is 23.1 Å². The van der Waals surface area contributed by atoms with Gasteiger partial charge in [-0.1, -0.05) is 32.9 Å². The number of carbonyl (C=O) groups is 1. The van der Waals surface area contributed by atoms with Crippen molar-refractivity contribution in [2.24, 2.45) is 0 Å². The lowest BCUT2D eigenvalue weighted by Gasteiger charge is -2.19. The van der Waals surface area contributed by atoms with Gasteiger partial charge in [-0.2, -0.15) is 0 Å². The number of rotatable bonds is 4. The highest BCUT2D eigenvalue weighted by atomic mass is 16.5. The summed E-state index contributed by atoms with van der Waals surface area (Å²) < 4.78 is 10.0. The highest BCUT2D eigenvalue weighted by Gasteiger charge is 2.13. The van der Waals surface area contributed by atoms with Crippen LogP contribution in [-0.4, -0.2) is 26.4 Å². The molecule has 0 aromatic heterocycles. The van der Waals surface area contributed by atoms with Crippen molar-refractivity contribution in [2.75, 3.05) is 20.3 Å². The SMILES string of the molecule is COC(=O)NCCOc1cccc(C(C)(C)C)c1. The molecule has 1 amide bonds. The molecule has 0 spiro atoms. The number of ether oxygens (including phenoxy) is 2. The maximum atomic E-state index is 10.8. The van der Waals surface area contributed by atoms with Crippen molar-refractivity contribution in [3.63, 3.8) is 0 Å². The van der Waals surface area contributed by atoms with E-state index in [0.717, 1.165) is 5.75 Å². The van der Waals surface area contributed by atoms with Gasteiger partial charge in [0.1, 0.15) is 12.4 Å². The molecule has 1 N–H and O–H groups in total. The van der Waals surface area contributed by atoms with Crippen LogP contribution in [-0.2, 0) is 10.2 Å². The van der Waals surface area contributed by atoms with Crippen molar-refractivity contribution < 1.29 is 14.3 Å². The molecule has 0 unspecified atom stereocenters. The van der Waals surface area contributed by atoms with E-state index in [1.807, 2.05) is 18.2 Å². The Hall–Kier alpha value is -1.71. The summed E-state index contributed by atoms with van der Waals surface area (Å²) in [6.07, 6.45) is -0.443. The van der Waals surface area contributed by atoms with Gasteiger partial charge in [0.15, 0.2) is 0 Å². The molecule has 1 aromatic carbocycles. The summed E-state index contributed by atoms with van der Waals surface area (Å²) in [6.45, 7) is 7.32. The molecule has 0 aliphatic rings. The molecular formula is C14H21NO3. The van der Waals surface area contributed by atoms with Crippen LogP contribution in [0.15, 0.2) is 24.3 Å².